The van der Waals surface area contributed by atoms with E-state index >= 15 is 0 Å². The van der Waals surface area contributed by atoms with Crippen molar-refractivity contribution < 1.29 is 0 Å². The van der Waals surface area contributed by atoms with Gasteiger partial charge in [-0.25, -0.2) is 4.98 Å². The first-order chi connectivity index (χ1) is 7.24. The van der Waals surface area contributed by atoms with Gasteiger partial charge in [0.05, 0.1) is 0 Å². The minimum absolute atomic E-state index is 1.00. The Kier molecular flexibility index (Phi) is 2.46. The molecule has 2 rings (SSSR count). The lowest BCUT2D eigenvalue weighted by atomic mass is 10.1. The summed E-state index contributed by atoms with van der Waals surface area (Å²) < 4.78 is 0. The smallest absolute Gasteiger partial charge is 0.135 e. The van der Waals surface area contributed by atoms with Gasteiger partial charge in [-0.15, -0.1) is 0 Å². The summed E-state index contributed by atoms with van der Waals surface area (Å²) in [5, 5.41) is 5.57. The number of anilines is 2. The first-order valence-electron chi connectivity index (χ1n) is 4.97. The van der Waals surface area contributed by atoms with Crippen LogP contribution in [0, 0.1) is 0 Å². The quantitative estimate of drug-likeness (QED) is 0.808. The molecule has 3 nitrogen and oxygen atoms in total. The molecule has 0 atom stereocenters. The molecule has 1 aromatic heterocycles. The van der Waals surface area contributed by atoms with Crippen molar-refractivity contribution in [1.29, 1.82) is 0 Å². The second-order valence-corrected chi connectivity index (χ2v) is 3.68. The van der Waals surface area contributed by atoms with Crippen LogP contribution in [0.25, 0.3) is 10.8 Å². The molecule has 1 N–H and O–H groups in total. The molecule has 0 saturated carbocycles. The number of nitrogens with one attached hydrogen (secondary N) is 1. The molecule has 0 fully saturated rings. The molecule has 1 heterocycles. The molecule has 0 spiro atoms. The van der Waals surface area contributed by atoms with Gasteiger partial charge >= 0.3 is 0 Å². The summed E-state index contributed by atoms with van der Waals surface area (Å²) in [5.74, 6) is 1.00. The second-order valence-electron chi connectivity index (χ2n) is 3.68. The minimum atomic E-state index is 1.00. The van der Waals surface area contributed by atoms with Gasteiger partial charge in [0.25, 0.3) is 0 Å². The Morgan fingerprint density at radius 2 is 1.93 bits per heavy atom. The highest BCUT2D eigenvalue weighted by Gasteiger charge is 2.05. The third-order valence-electron chi connectivity index (χ3n) is 2.48. The van der Waals surface area contributed by atoms with Crippen LogP contribution in [0.5, 0.6) is 0 Å². The highest BCUT2D eigenvalue weighted by Crippen LogP contribution is 2.28. The maximum atomic E-state index is 4.38. The van der Waals surface area contributed by atoms with E-state index in [0.29, 0.717) is 0 Å². The van der Waals surface area contributed by atoms with Crippen molar-refractivity contribution in [1.82, 2.24) is 4.98 Å². The summed E-state index contributed by atoms with van der Waals surface area (Å²) in [6.45, 7) is 0. The third-order valence-corrected chi connectivity index (χ3v) is 2.48. The highest BCUT2D eigenvalue weighted by atomic mass is 15.1. The van der Waals surface area contributed by atoms with Crippen molar-refractivity contribution in [3.63, 3.8) is 0 Å². The van der Waals surface area contributed by atoms with Crippen LogP contribution in [0.1, 0.15) is 0 Å². The summed E-state index contributed by atoms with van der Waals surface area (Å²) >= 11 is 0. The molecule has 0 amide bonds. The Morgan fingerprint density at radius 1 is 1.13 bits per heavy atom. The Labute approximate surface area is 89.7 Å². The summed E-state index contributed by atoms with van der Waals surface area (Å²) in [5.41, 5.74) is 1.14. The van der Waals surface area contributed by atoms with Crippen LogP contribution in [-0.4, -0.2) is 26.1 Å². The Hall–Kier alpha value is -1.77. The molecule has 0 radical (unpaired) electrons. The number of hydrogen-bond acceptors (Lipinski definition) is 3. The molecule has 0 aliphatic heterocycles. The zero-order chi connectivity index (χ0) is 10.8. The minimum Gasteiger partial charge on any atom is -0.388 e. The number of rotatable bonds is 2. The van der Waals surface area contributed by atoms with Crippen LogP contribution in [0.3, 0.4) is 0 Å². The highest BCUT2D eigenvalue weighted by molar-refractivity contribution is 5.99. The lowest BCUT2D eigenvalue weighted by molar-refractivity contribution is 1.08. The van der Waals surface area contributed by atoms with E-state index in [1.807, 2.05) is 44.4 Å². The Morgan fingerprint density at radius 3 is 2.60 bits per heavy atom. The predicted molar refractivity (Wildman–Crippen MR) is 65.6 cm³/mol. The molecule has 0 bridgehead atoms. The van der Waals surface area contributed by atoms with Crippen LogP contribution in [-0.2, 0) is 0 Å². The van der Waals surface area contributed by atoms with E-state index in [1.54, 1.807) is 0 Å². The number of aromatic nitrogens is 1. The van der Waals surface area contributed by atoms with Crippen LogP contribution in [0.2, 0.25) is 0 Å². The van der Waals surface area contributed by atoms with Gasteiger partial charge in [0, 0.05) is 43.8 Å². The normalized spacial score (nSPS) is 10.3. The average molecular weight is 201 g/mol. The zero-order valence-electron chi connectivity index (χ0n) is 9.28. The van der Waals surface area contributed by atoms with E-state index in [9.17, 15) is 0 Å². The average Bonchev–Trinajstić information content (AvgIpc) is 2.27. The Bertz CT molecular complexity index is 477. The van der Waals surface area contributed by atoms with Crippen molar-refractivity contribution in [3.8, 4) is 0 Å². The first kappa shape index (κ1) is 9.77. The molecule has 1 aromatic carbocycles. The molecular weight excluding hydrogens is 186 g/mol. The predicted octanol–water partition coefficient (Wildman–Crippen LogP) is 2.34. The summed E-state index contributed by atoms with van der Waals surface area (Å²) in [6, 6.07) is 8.25. The van der Waals surface area contributed by atoms with E-state index in [1.165, 1.54) is 10.8 Å². The van der Waals surface area contributed by atoms with Gasteiger partial charge in [0.1, 0.15) is 5.82 Å². The fourth-order valence-electron chi connectivity index (χ4n) is 1.77. The van der Waals surface area contributed by atoms with E-state index < -0.39 is 0 Å². The topological polar surface area (TPSA) is 28.2 Å². The molecule has 0 unspecified atom stereocenters. The second kappa shape index (κ2) is 3.77. The van der Waals surface area contributed by atoms with Crippen LogP contribution in [0.15, 0.2) is 30.5 Å². The van der Waals surface area contributed by atoms with E-state index in [-0.39, 0.29) is 0 Å². The number of pyridine rings is 1. The van der Waals surface area contributed by atoms with Crippen LogP contribution < -0.4 is 10.2 Å². The van der Waals surface area contributed by atoms with Crippen molar-refractivity contribution in [2.75, 3.05) is 31.4 Å². The number of fused-ring (bicyclic) bond motifs is 1. The molecule has 2 aromatic rings. The van der Waals surface area contributed by atoms with E-state index in [0.717, 1.165) is 11.5 Å². The maximum Gasteiger partial charge on any atom is 0.135 e. The molecule has 0 aliphatic carbocycles. The molecule has 78 valence electrons. The molecule has 0 aliphatic rings. The zero-order valence-corrected chi connectivity index (χ0v) is 9.28. The standard InChI is InChI=1S/C12H15N3/c1-13-11-6-4-5-10-9(11)7-8-14-12(10)15(2)3/h4-8,13H,1-3H3. The van der Waals surface area contributed by atoms with E-state index in [4.69, 9.17) is 0 Å². The number of hydrogen-bond donors (Lipinski definition) is 1. The van der Waals surface area contributed by atoms with Crippen molar-refractivity contribution in [2.45, 2.75) is 0 Å². The largest absolute Gasteiger partial charge is 0.388 e. The van der Waals surface area contributed by atoms with Crippen molar-refractivity contribution >= 4 is 22.3 Å². The fraction of sp³-hybridized carbons (Fsp3) is 0.250. The molecular formula is C12H15N3. The van der Waals surface area contributed by atoms with Gasteiger partial charge in [0.2, 0.25) is 0 Å². The maximum absolute atomic E-state index is 4.38. The summed E-state index contributed by atoms with van der Waals surface area (Å²) in [7, 11) is 5.95. The van der Waals surface area contributed by atoms with Gasteiger partial charge in [-0.1, -0.05) is 12.1 Å². The number of benzene rings is 1. The van der Waals surface area contributed by atoms with Gasteiger partial charge in [-0.05, 0) is 12.1 Å². The van der Waals surface area contributed by atoms with Gasteiger partial charge < -0.3 is 10.2 Å². The van der Waals surface area contributed by atoms with Gasteiger partial charge in [-0.3, -0.25) is 0 Å². The Balaban J connectivity index is 2.76. The first-order valence-corrected chi connectivity index (χ1v) is 4.97. The van der Waals surface area contributed by atoms with Crippen LogP contribution in [0.4, 0.5) is 11.5 Å². The molecule has 3 heteroatoms. The van der Waals surface area contributed by atoms with Crippen molar-refractivity contribution in [3.05, 3.63) is 30.5 Å². The SMILES string of the molecule is CNc1cccc2c(N(C)C)nccc12. The summed E-state index contributed by atoms with van der Waals surface area (Å²) in [6.07, 6.45) is 1.85. The summed E-state index contributed by atoms with van der Waals surface area (Å²) in [4.78, 5) is 6.41. The lowest BCUT2D eigenvalue weighted by Gasteiger charge is -2.15. The lowest BCUT2D eigenvalue weighted by Crippen LogP contribution is -2.11. The van der Waals surface area contributed by atoms with Crippen LogP contribution >= 0.6 is 0 Å². The number of nitrogens with zero attached hydrogens (tertiary/aromatic N) is 2. The van der Waals surface area contributed by atoms with E-state index in [2.05, 4.69) is 22.4 Å². The monoisotopic (exact) mass is 201 g/mol. The molecule has 15 heavy (non-hydrogen) atoms. The van der Waals surface area contributed by atoms with Crippen molar-refractivity contribution in [2.24, 2.45) is 0 Å². The molecule has 0 saturated heterocycles. The third kappa shape index (κ3) is 1.61. The van der Waals surface area contributed by atoms with Gasteiger partial charge in [0.15, 0.2) is 0 Å². The fourth-order valence-corrected chi connectivity index (χ4v) is 1.77. The van der Waals surface area contributed by atoms with Gasteiger partial charge in [-0.2, -0.15) is 0 Å².